The lowest BCUT2D eigenvalue weighted by molar-refractivity contribution is -0.117. The number of carbonyl (C=O) groups is 2. The molecule has 0 spiro atoms. The molecule has 158 valence electrons. The van der Waals surface area contributed by atoms with Crippen LogP contribution in [0.15, 0.2) is 42.5 Å². The van der Waals surface area contributed by atoms with Crippen LogP contribution in [0.2, 0.25) is 0 Å². The van der Waals surface area contributed by atoms with Gasteiger partial charge in [0, 0.05) is 16.1 Å². The van der Waals surface area contributed by atoms with Crippen molar-refractivity contribution < 1.29 is 23.5 Å². The molecule has 0 saturated carbocycles. The molecule has 2 amide bonds. The molecule has 5 rings (SSSR count). The Bertz CT molecular complexity index is 1160. The Balaban J connectivity index is 1.32. The zero-order valence-corrected chi connectivity index (χ0v) is 17.1. The third-order valence-corrected chi connectivity index (χ3v) is 6.28. The maximum Gasteiger partial charge on any atom is 0.257 e. The molecule has 0 bridgehead atoms. The summed E-state index contributed by atoms with van der Waals surface area (Å²) < 4.78 is 23.7. The molecule has 31 heavy (non-hydrogen) atoms. The van der Waals surface area contributed by atoms with Gasteiger partial charge in [-0.05, 0) is 61.7 Å². The smallest absolute Gasteiger partial charge is 0.257 e. The summed E-state index contributed by atoms with van der Waals surface area (Å²) in [6.45, 7) is 0.140. The number of amides is 2. The molecule has 1 aliphatic heterocycles. The van der Waals surface area contributed by atoms with E-state index in [0.717, 1.165) is 17.7 Å². The predicted octanol–water partition coefficient (Wildman–Crippen LogP) is 4.32. The molecule has 0 fully saturated rings. The van der Waals surface area contributed by atoms with Crippen molar-refractivity contribution in [1.82, 2.24) is 4.98 Å². The molecule has 0 unspecified atom stereocenters. The van der Waals surface area contributed by atoms with Gasteiger partial charge in [0.1, 0.15) is 5.82 Å². The molecule has 7 nitrogen and oxygen atoms in total. The maximum absolute atomic E-state index is 13.1. The standard InChI is InChI=1S/C22H18FN3O4S/c23-13-5-7-14(8-6-13)24-21(28)15-2-1-3-18-19(15)25-22(31-18)26-20(27)12-4-9-16-17(10-12)30-11-29-16/h4-10,15H,1-3,11H2,(H,24,28)(H,25,26,27)/t15-/m1/s1. The summed E-state index contributed by atoms with van der Waals surface area (Å²) in [4.78, 5) is 31.0. The number of fused-ring (bicyclic) bond motifs is 2. The van der Waals surface area contributed by atoms with Crippen molar-refractivity contribution in [1.29, 1.82) is 0 Å². The van der Waals surface area contributed by atoms with Crippen molar-refractivity contribution in [2.45, 2.75) is 25.2 Å². The number of nitrogens with zero attached hydrogens (tertiary/aromatic N) is 1. The van der Waals surface area contributed by atoms with Crippen molar-refractivity contribution in [2.75, 3.05) is 17.4 Å². The Hall–Kier alpha value is -3.46. The molecular formula is C22H18FN3O4S. The fourth-order valence-corrected chi connectivity index (χ4v) is 4.76. The number of thiazole rings is 1. The number of hydrogen-bond acceptors (Lipinski definition) is 6. The summed E-state index contributed by atoms with van der Waals surface area (Å²) in [6.07, 6.45) is 2.33. The Kier molecular flexibility index (Phi) is 5.03. The van der Waals surface area contributed by atoms with E-state index in [0.29, 0.717) is 40.0 Å². The molecule has 2 heterocycles. The van der Waals surface area contributed by atoms with E-state index in [1.807, 2.05) is 0 Å². The first kappa shape index (κ1) is 19.5. The third kappa shape index (κ3) is 3.96. The topological polar surface area (TPSA) is 89.6 Å². The van der Waals surface area contributed by atoms with E-state index >= 15 is 0 Å². The van der Waals surface area contributed by atoms with Gasteiger partial charge in [0.25, 0.3) is 5.91 Å². The van der Waals surface area contributed by atoms with Crippen molar-refractivity contribution in [3.63, 3.8) is 0 Å². The van der Waals surface area contributed by atoms with Gasteiger partial charge < -0.3 is 14.8 Å². The summed E-state index contributed by atoms with van der Waals surface area (Å²) in [5.74, 6) is -0.135. The van der Waals surface area contributed by atoms with Crippen LogP contribution in [0.25, 0.3) is 0 Å². The number of anilines is 2. The first-order chi connectivity index (χ1) is 15.1. The lowest BCUT2D eigenvalue weighted by Crippen LogP contribution is -2.24. The number of carbonyl (C=O) groups excluding carboxylic acids is 2. The first-order valence-electron chi connectivity index (χ1n) is 9.84. The number of nitrogens with one attached hydrogen (secondary N) is 2. The van der Waals surface area contributed by atoms with Gasteiger partial charge in [0.2, 0.25) is 12.7 Å². The fraction of sp³-hybridized carbons (Fsp3) is 0.227. The fourth-order valence-electron chi connectivity index (χ4n) is 3.70. The molecule has 2 N–H and O–H groups in total. The van der Waals surface area contributed by atoms with Crippen LogP contribution >= 0.6 is 11.3 Å². The second kappa shape index (κ2) is 7.99. The van der Waals surface area contributed by atoms with E-state index in [1.165, 1.54) is 35.6 Å². The van der Waals surface area contributed by atoms with Gasteiger partial charge in [-0.25, -0.2) is 9.37 Å². The van der Waals surface area contributed by atoms with Gasteiger partial charge in [-0.1, -0.05) is 0 Å². The minimum Gasteiger partial charge on any atom is -0.454 e. The van der Waals surface area contributed by atoms with E-state index in [4.69, 9.17) is 9.47 Å². The molecule has 1 aromatic heterocycles. The zero-order valence-electron chi connectivity index (χ0n) is 16.3. The van der Waals surface area contributed by atoms with Crippen molar-refractivity contribution in [3.8, 4) is 11.5 Å². The van der Waals surface area contributed by atoms with Crippen LogP contribution < -0.4 is 20.1 Å². The van der Waals surface area contributed by atoms with E-state index in [1.54, 1.807) is 18.2 Å². The lowest BCUT2D eigenvalue weighted by Gasteiger charge is -2.20. The van der Waals surface area contributed by atoms with E-state index in [9.17, 15) is 14.0 Å². The van der Waals surface area contributed by atoms with Crippen molar-refractivity contribution in [3.05, 3.63) is 64.4 Å². The highest BCUT2D eigenvalue weighted by Gasteiger charge is 2.31. The van der Waals surface area contributed by atoms with Crippen LogP contribution in [0.1, 0.15) is 39.7 Å². The number of aromatic nitrogens is 1. The summed E-state index contributed by atoms with van der Waals surface area (Å²) >= 11 is 1.38. The minimum absolute atomic E-state index is 0.140. The average molecular weight is 439 g/mol. The van der Waals surface area contributed by atoms with E-state index in [-0.39, 0.29) is 24.4 Å². The van der Waals surface area contributed by atoms with Gasteiger partial charge >= 0.3 is 0 Å². The summed E-state index contributed by atoms with van der Waals surface area (Å²) in [5, 5.41) is 6.10. The monoisotopic (exact) mass is 439 g/mol. The highest BCUT2D eigenvalue weighted by molar-refractivity contribution is 7.16. The molecule has 0 radical (unpaired) electrons. The largest absolute Gasteiger partial charge is 0.454 e. The van der Waals surface area contributed by atoms with Crippen molar-refractivity contribution >= 4 is 34.0 Å². The Morgan fingerprint density at radius 1 is 1.06 bits per heavy atom. The van der Waals surface area contributed by atoms with Crippen LogP contribution in [-0.2, 0) is 11.2 Å². The lowest BCUT2D eigenvalue weighted by atomic mass is 9.90. The minimum atomic E-state index is -0.416. The van der Waals surface area contributed by atoms with Crippen LogP contribution in [0, 0.1) is 5.82 Å². The third-order valence-electron chi connectivity index (χ3n) is 5.24. The van der Waals surface area contributed by atoms with Crippen LogP contribution in [0.5, 0.6) is 11.5 Å². The number of rotatable bonds is 4. The summed E-state index contributed by atoms with van der Waals surface area (Å²) in [7, 11) is 0. The van der Waals surface area contributed by atoms with Gasteiger partial charge in [0.15, 0.2) is 16.6 Å². The molecular weight excluding hydrogens is 421 g/mol. The van der Waals surface area contributed by atoms with Gasteiger partial charge in [-0.15, -0.1) is 11.3 Å². The Morgan fingerprint density at radius 2 is 1.87 bits per heavy atom. The van der Waals surface area contributed by atoms with Crippen LogP contribution in [-0.4, -0.2) is 23.6 Å². The quantitative estimate of drug-likeness (QED) is 0.632. The zero-order chi connectivity index (χ0) is 21.4. The Labute approximate surface area is 181 Å². The molecule has 9 heteroatoms. The van der Waals surface area contributed by atoms with E-state index < -0.39 is 5.92 Å². The first-order valence-corrected chi connectivity index (χ1v) is 10.7. The predicted molar refractivity (Wildman–Crippen MR) is 113 cm³/mol. The molecule has 0 saturated heterocycles. The van der Waals surface area contributed by atoms with E-state index in [2.05, 4.69) is 15.6 Å². The van der Waals surface area contributed by atoms with Gasteiger partial charge in [-0.3, -0.25) is 14.9 Å². The van der Waals surface area contributed by atoms with Crippen LogP contribution in [0.3, 0.4) is 0 Å². The molecule has 1 aliphatic carbocycles. The molecule has 3 aromatic rings. The maximum atomic E-state index is 13.1. The average Bonchev–Trinajstić information content (AvgIpc) is 3.40. The number of ether oxygens (including phenoxy) is 2. The SMILES string of the molecule is O=C(Nc1nc2c(s1)CCC[C@H]2C(=O)Nc1ccc(F)cc1)c1ccc2c(c1)OCO2. The second-order valence-electron chi connectivity index (χ2n) is 7.29. The van der Waals surface area contributed by atoms with Crippen molar-refractivity contribution in [2.24, 2.45) is 0 Å². The number of hydrogen-bond donors (Lipinski definition) is 2. The van der Waals surface area contributed by atoms with Gasteiger partial charge in [0.05, 0.1) is 11.6 Å². The number of halogens is 1. The number of aryl methyl sites for hydroxylation is 1. The van der Waals surface area contributed by atoms with Crippen LogP contribution in [0.4, 0.5) is 15.2 Å². The Morgan fingerprint density at radius 3 is 2.71 bits per heavy atom. The molecule has 2 aromatic carbocycles. The highest BCUT2D eigenvalue weighted by Crippen LogP contribution is 2.38. The molecule has 1 atom stereocenters. The molecule has 2 aliphatic rings. The number of benzene rings is 2. The normalized spacial score (nSPS) is 16.5. The summed E-state index contributed by atoms with van der Waals surface area (Å²) in [5.41, 5.74) is 1.66. The second-order valence-corrected chi connectivity index (χ2v) is 8.37. The summed E-state index contributed by atoms with van der Waals surface area (Å²) in [6, 6.07) is 10.6. The highest BCUT2D eigenvalue weighted by atomic mass is 32.1. The van der Waals surface area contributed by atoms with Gasteiger partial charge in [-0.2, -0.15) is 0 Å².